The second-order valence-corrected chi connectivity index (χ2v) is 2.72. The fraction of sp³-hybridized carbons (Fsp3) is 0.600. The summed E-state index contributed by atoms with van der Waals surface area (Å²) in [5.74, 6) is 1.17. The Kier molecular flexibility index (Phi) is 2.75. The summed E-state index contributed by atoms with van der Waals surface area (Å²) in [5.41, 5.74) is 2.80. The SMILES string of the molecule is CCc1coc(CC)c1CC. The van der Waals surface area contributed by atoms with Crippen molar-refractivity contribution in [3.8, 4) is 0 Å². The largest absolute Gasteiger partial charge is 0.469 e. The van der Waals surface area contributed by atoms with Gasteiger partial charge in [-0.15, -0.1) is 0 Å². The van der Waals surface area contributed by atoms with Gasteiger partial charge in [-0.05, 0) is 24.0 Å². The lowest BCUT2D eigenvalue weighted by Gasteiger charge is -1.97. The molecule has 0 unspecified atom stereocenters. The monoisotopic (exact) mass is 152 g/mol. The average molecular weight is 152 g/mol. The van der Waals surface area contributed by atoms with Crippen LogP contribution < -0.4 is 0 Å². The van der Waals surface area contributed by atoms with E-state index in [0.717, 1.165) is 19.3 Å². The first-order valence-corrected chi connectivity index (χ1v) is 4.41. The zero-order valence-electron chi connectivity index (χ0n) is 7.61. The molecule has 0 saturated carbocycles. The van der Waals surface area contributed by atoms with Gasteiger partial charge < -0.3 is 4.42 Å². The molecule has 0 bridgehead atoms. The van der Waals surface area contributed by atoms with E-state index >= 15 is 0 Å². The standard InChI is InChI=1S/C10H16O/c1-4-8-7-11-10(6-3)9(8)5-2/h7H,4-6H2,1-3H3. The molecular weight excluding hydrogens is 136 g/mol. The number of rotatable bonds is 3. The second kappa shape index (κ2) is 3.61. The number of hydrogen-bond acceptors (Lipinski definition) is 1. The fourth-order valence-corrected chi connectivity index (χ4v) is 1.48. The van der Waals surface area contributed by atoms with Crippen LogP contribution in [-0.4, -0.2) is 0 Å². The molecule has 11 heavy (non-hydrogen) atoms. The minimum Gasteiger partial charge on any atom is -0.469 e. The Labute approximate surface area is 68.4 Å². The lowest BCUT2D eigenvalue weighted by molar-refractivity contribution is 0.510. The van der Waals surface area contributed by atoms with Crippen molar-refractivity contribution >= 4 is 0 Å². The third kappa shape index (κ3) is 1.47. The van der Waals surface area contributed by atoms with E-state index in [1.807, 2.05) is 6.26 Å². The van der Waals surface area contributed by atoms with Crippen LogP contribution in [0, 0.1) is 0 Å². The highest BCUT2D eigenvalue weighted by atomic mass is 16.3. The second-order valence-electron chi connectivity index (χ2n) is 2.72. The summed E-state index contributed by atoms with van der Waals surface area (Å²) in [7, 11) is 0. The molecular formula is C10H16O. The van der Waals surface area contributed by atoms with E-state index in [0.29, 0.717) is 0 Å². The Morgan fingerprint density at radius 2 is 1.82 bits per heavy atom. The third-order valence-corrected chi connectivity index (χ3v) is 2.12. The number of furan rings is 1. The van der Waals surface area contributed by atoms with E-state index in [-0.39, 0.29) is 0 Å². The van der Waals surface area contributed by atoms with Gasteiger partial charge in [0, 0.05) is 6.42 Å². The van der Waals surface area contributed by atoms with Gasteiger partial charge in [-0.1, -0.05) is 20.8 Å². The van der Waals surface area contributed by atoms with E-state index in [1.54, 1.807) is 0 Å². The molecule has 0 atom stereocenters. The van der Waals surface area contributed by atoms with Crippen LogP contribution in [0.1, 0.15) is 37.7 Å². The van der Waals surface area contributed by atoms with E-state index < -0.39 is 0 Å². The highest BCUT2D eigenvalue weighted by Gasteiger charge is 2.07. The lowest BCUT2D eigenvalue weighted by Crippen LogP contribution is -1.89. The predicted molar refractivity (Wildman–Crippen MR) is 46.8 cm³/mol. The Balaban J connectivity index is 2.99. The molecule has 62 valence electrons. The van der Waals surface area contributed by atoms with Crippen LogP contribution in [0.5, 0.6) is 0 Å². The van der Waals surface area contributed by atoms with Gasteiger partial charge in [-0.3, -0.25) is 0 Å². The molecule has 0 aliphatic rings. The molecule has 1 heteroatoms. The molecule has 0 aromatic carbocycles. The van der Waals surface area contributed by atoms with Crippen LogP contribution in [0.4, 0.5) is 0 Å². The first kappa shape index (κ1) is 8.38. The predicted octanol–water partition coefficient (Wildman–Crippen LogP) is 2.97. The van der Waals surface area contributed by atoms with Gasteiger partial charge in [0.1, 0.15) is 5.76 Å². The summed E-state index contributed by atoms with van der Waals surface area (Å²) in [6.45, 7) is 6.49. The third-order valence-electron chi connectivity index (χ3n) is 2.12. The topological polar surface area (TPSA) is 13.1 Å². The van der Waals surface area contributed by atoms with Gasteiger partial charge in [-0.2, -0.15) is 0 Å². The molecule has 0 spiro atoms. The first-order valence-electron chi connectivity index (χ1n) is 4.41. The molecule has 0 fully saturated rings. The first-order chi connectivity index (χ1) is 5.33. The Morgan fingerprint density at radius 1 is 1.09 bits per heavy atom. The van der Waals surface area contributed by atoms with E-state index in [9.17, 15) is 0 Å². The summed E-state index contributed by atoms with van der Waals surface area (Å²) in [4.78, 5) is 0. The van der Waals surface area contributed by atoms with Gasteiger partial charge in [-0.25, -0.2) is 0 Å². The summed E-state index contributed by atoms with van der Waals surface area (Å²) < 4.78 is 5.43. The van der Waals surface area contributed by atoms with E-state index in [2.05, 4.69) is 20.8 Å². The van der Waals surface area contributed by atoms with Crippen molar-refractivity contribution < 1.29 is 4.42 Å². The summed E-state index contributed by atoms with van der Waals surface area (Å²) in [6, 6.07) is 0. The van der Waals surface area contributed by atoms with Crippen molar-refractivity contribution in [1.29, 1.82) is 0 Å². The molecule has 0 saturated heterocycles. The van der Waals surface area contributed by atoms with Crippen LogP contribution >= 0.6 is 0 Å². The molecule has 0 N–H and O–H groups in total. The van der Waals surface area contributed by atoms with Crippen molar-refractivity contribution in [1.82, 2.24) is 0 Å². The molecule has 0 radical (unpaired) electrons. The highest BCUT2D eigenvalue weighted by Crippen LogP contribution is 2.18. The molecule has 0 amide bonds. The summed E-state index contributed by atoms with van der Waals surface area (Å²) >= 11 is 0. The maximum absolute atomic E-state index is 5.43. The van der Waals surface area contributed by atoms with Crippen LogP contribution in [0.3, 0.4) is 0 Å². The minimum atomic E-state index is 1.02. The normalized spacial score (nSPS) is 10.5. The lowest BCUT2D eigenvalue weighted by atomic mass is 10.1. The van der Waals surface area contributed by atoms with Gasteiger partial charge >= 0.3 is 0 Å². The Morgan fingerprint density at radius 3 is 2.27 bits per heavy atom. The molecule has 1 aromatic heterocycles. The minimum absolute atomic E-state index is 1.02. The van der Waals surface area contributed by atoms with E-state index in [1.165, 1.54) is 16.9 Å². The maximum Gasteiger partial charge on any atom is 0.106 e. The average Bonchev–Trinajstić information content (AvgIpc) is 2.45. The van der Waals surface area contributed by atoms with Crippen molar-refractivity contribution in [3.63, 3.8) is 0 Å². The quantitative estimate of drug-likeness (QED) is 0.649. The van der Waals surface area contributed by atoms with Gasteiger partial charge in [0.2, 0.25) is 0 Å². The molecule has 1 heterocycles. The van der Waals surface area contributed by atoms with Crippen LogP contribution in [0.15, 0.2) is 10.7 Å². The van der Waals surface area contributed by atoms with Crippen molar-refractivity contribution in [2.24, 2.45) is 0 Å². The van der Waals surface area contributed by atoms with E-state index in [4.69, 9.17) is 4.42 Å². The molecule has 1 aromatic rings. The van der Waals surface area contributed by atoms with Gasteiger partial charge in [0.05, 0.1) is 6.26 Å². The Hall–Kier alpha value is -0.720. The van der Waals surface area contributed by atoms with Crippen LogP contribution in [0.25, 0.3) is 0 Å². The maximum atomic E-state index is 5.43. The van der Waals surface area contributed by atoms with Crippen LogP contribution in [0.2, 0.25) is 0 Å². The fourth-order valence-electron chi connectivity index (χ4n) is 1.48. The molecule has 1 rings (SSSR count). The molecule has 0 aliphatic carbocycles. The van der Waals surface area contributed by atoms with Gasteiger partial charge in [0.15, 0.2) is 0 Å². The van der Waals surface area contributed by atoms with Gasteiger partial charge in [0.25, 0.3) is 0 Å². The Bertz CT molecular complexity index is 201. The molecule has 1 nitrogen and oxygen atoms in total. The van der Waals surface area contributed by atoms with Crippen molar-refractivity contribution in [2.75, 3.05) is 0 Å². The zero-order chi connectivity index (χ0) is 8.27. The number of aryl methyl sites for hydroxylation is 2. The smallest absolute Gasteiger partial charge is 0.106 e. The van der Waals surface area contributed by atoms with Crippen molar-refractivity contribution in [3.05, 3.63) is 23.2 Å². The van der Waals surface area contributed by atoms with Crippen molar-refractivity contribution in [2.45, 2.75) is 40.0 Å². The summed E-state index contributed by atoms with van der Waals surface area (Å²) in [5, 5.41) is 0. The van der Waals surface area contributed by atoms with Crippen LogP contribution in [-0.2, 0) is 19.3 Å². The number of hydrogen-bond donors (Lipinski definition) is 0. The summed E-state index contributed by atoms with van der Waals surface area (Å²) in [6.07, 6.45) is 5.11. The molecule has 0 aliphatic heterocycles. The highest BCUT2D eigenvalue weighted by molar-refractivity contribution is 5.27. The zero-order valence-corrected chi connectivity index (χ0v) is 7.61.